The summed E-state index contributed by atoms with van der Waals surface area (Å²) in [6.07, 6.45) is 1.13. The monoisotopic (exact) mass is 201 g/mol. The van der Waals surface area contributed by atoms with Gasteiger partial charge in [0.1, 0.15) is 11.9 Å². The van der Waals surface area contributed by atoms with Crippen LogP contribution in [-0.2, 0) is 0 Å². The van der Waals surface area contributed by atoms with E-state index in [0.717, 1.165) is 6.20 Å². The van der Waals surface area contributed by atoms with Gasteiger partial charge in [0.2, 0.25) is 5.28 Å². The van der Waals surface area contributed by atoms with Crippen LogP contribution in [0.25, 0.3) is 0 Å². The molecule has 0 bridgehead atoms. The lowest BCUT2D eigenvalue weighted by molar-refractivity contribution is -0.386. The fraction of sp³-hybridized carbons (Fsp3) is 0.429. The van der Waals surface area contributed by atoms with Gasteiger partial charge in [-0.25, -0.2) is 9.97 Å². The molecule has 0 radical (unpaired) electrons. The average molecular weight is 202 g/mol. The molecule has 0 aliphatic rings. The lowest BCUT2D eigenvalue weighted by atomic mass is 10.1. The van der Waals surface area contributed by atoms with E-state index in [4.69, 9.17) is 11.6 Å². The van der Waals surface area contributed by atoms with Crippen molar-refractivity contribution in [1.29, 1.82) is 0 Å². The summed E-state index contributed by atoms with van der Waals surface area (Å²) in [7, 11) is 0. The smallest absolute Gasteiger partial charge is 0.258 e. The van der Waals surface area contributed by atoms with Crippen molar-refractivity contribution in [2.45, 2.75) is 19.8 Å². The van der Waals surface area contributed by atoms with E-state index in [1.54, 1.807) is 0 Å². The Kier molecular flexibility index (Phi) is 2.77. The Labute approximate surface area is 79.9 Å². The first kappa shape index (κ1) is 9.85. The molecule has 1 heterocycles. The van der Waals surface area contributed by atoms with Crippen molar-refractivity contribution >= 4 is 17.3 Å². The molecular formula is C7H8ClN3O2. The van der Waals surface area contributed by atoms with E-state index in [0.29, 0.717) is 5.69 Å². The van der Waals surface area contributed by atoms with Gasteiger partial charge >= 0.3 is 5.69 Å². The number of aromatic nitrogens is 2. The van der Waals surface area contributed by atoms with Crippen LogP contribution in [0, 0.1) is 10.1 Å². The molecule has 0 aliphatic carbocycles. The Morgan fingerprint density at radius 2 is 2.23 bits per heavy atom. The molecule has 6 heteroatoms. The molecule has 0 amide bonds. The zero-order valence-corrected chi connectivity index (χ0v) is 7.95. The summed E-state index contributed by atoms with van der Waals surface area (Å²) in [4.78, 5) is 17.4. The van der Waals surface area contributed by atoms with Crippen molar-refractivity contribution in [3.63, 3.8) is 0 Å². The number of hydrogen-bond acceptors (Lipinski definition) is 4. The molecule has 1 aromatic rings. The predicted molar refractivity (Wildman–Crippen MR) is 47.8 cm³/mol. The highest BCUT2D eigenvalue weighted by atomic mass is 35.5. The minimum Gasteiger partial charge on any atom is -0.258 e. The second kappa shape index (κ2) is 3.66. The Morgan fingerprint density at radius 3 is 2.69 bits per heavy atom. The van der Waals surface area contributed by atoms with E-state index in [9.17, 15) is 10.1 Å². The molecule has 0 unspecified atom stereocenters. The first-order valence-corrected chi connectivity index (χ1v) is 4.07. The number of nitro groups is 1. The summed E-state index contributed by atoms with van der Waals surface area (Å²) >= 11 is 5.52. The maximum absolute atomic E-state index is 10.5. The van der Waals surface area contributed by atoms with E-state index in [1.165, 1.54) is 0 Å². The number of halogens is 1. The lowest BCUT2D eigenvalue weighted by Crippen LogP contribution is -2.01. The van der Waals surface area contributed by atoms with Gasteiger partial charge in [0.25, 0.3) is 0 Å². The van der Waals surface area contributed by atoms with Crippen LogP contribution in [0.1, 0.15) is 25.5 Å². The van der Waals surface area contributed by atoms with Crippen molar-refractivity contribution in [2.75, 3.05) is 0 Å². The molecule has 70 valence electrons. The fourth-order valence-electron chi connectivity index (χ4n) is 0.932. The molecule has 0 saturated heterocycles. The van der Waals surface area contributed by atoms with Crippen molar-refractivity contribution in [3.05, 3.63) is 27.3 Å². The zero-order chi connectivity index (χ0) is 10.0. The van der Waals surface area contributed by atoms with E-state index < -0.39 is 4.92 Å². The van der Waals surface area contributed by atoms with Crippen molar-refractivity contribution in [1.82, 2.24) is 9.97 Å². The van der Waals surface area contributed by atoms with Crippen LogP contribution in [0.15, 0.2) is 6.20 Å². The van der Waals surface area contributed by atoms with Crippen LogP contribution in [0.5, 0.6) is 0 Å². The molecule has 0 atom stereocenters. The predicted octanol–water partition coefficient (Wildman–Crippen LogP) is 2.16. The number of nitrogens with zero attached hydrogens (tertiary/aromatic N) is 3. The van der Waals surface area contributed by atoms with Gasteiger partial charge in [-0.15, -0.1) is 0 Å². The molecule has 1 aromatic heterocycles. The van der Waals surface area contributed by atoms with E-state index in [1.807, 2.05) is 13.8 Å². The summed E-state index contributed by atoms with van der Waals surface area (Å²) in [5.41, 5.74) is 0.282. The van der Waals surface area contributed by atoms with Gasteiger partial charge in [0.05, 0.1) is 4.92 Å². The maximum atomic E-state index is 10.5. The third-order valence-corrected chi connectivity index (χ3v) is 1.69. The SMILES string of the molecule is CC(C)c1nc(Cl)ncc1[N+](=O)[O-]. The van der Waals surface area contributed by atoms with Crippen LogP contribution in [0.3, 0.4) is 0 Å². The maximum Gasteiger partial charge on any atom is 0.309 e. The number of hydrogen-bond donors (Lipinski definition) is 0. The van der Waals surface area contributed by atoms with Crippen LogP contribution in [0.4, 0.5) is 5.69 Å². The third kappa shape index (κ3) is 2.12. The van der Waals surface area contributed by atoms with E-state index in [2.05, 4.69) is 9.97 Å². The van der Waals surface area contributed by atoms with Crippen molar-refractivity contribution in [2.24, 2.45) is 0 Å². The topological polar surface area (TPSA) is 68.9 Å². The standard InChI is InChI=1S/C7H8ClN3O2/c1-4(2)6-5(11(12)13)3-9-7(8)10-6/h3-4H,1-2H3. The van der Waals surface area contributed by atoms with Crippen molar-refractivity contribution in [3.8, 4) is 0 Å². The quantitative estimate of drug-likeness (QED) is 0.418. The summed E-state index contributed by atoms with van der Waals surface area (Å²) in [5.74, 6) is -0.0408. The van der Waals surface area contributed by atoms with Crippen molar-refractivity contribution < 1.29 is 4.92 Å². The molecule has 13 heavy (non-hydrogen) atoms. The van der Waals surface area contributed by atoms with Gasteiger partial charge < -0.3 is 0 Å². The minimum absolute atomic E-state index is 0.0364. The van der Waals surface area contributed by atoms with Gasteiger partial charge in [0.15, 0.2) is 0 Å². The highest BCUT2D eigenvalue weighted by Gasteiger charge is 2.18. The van der Waals surface area contributed by atoms with Gasteiger partial charge in [-0.05, 0) is 11.6 Å². The summed E-state index contributed by atoms with van der Waals surface area (Å²) in [6, 6.07) is 0. The highest BCUT2D eigenvalue weighted by molar-refractivity contribution is 6.28. The molecule has 0 fully saturated rings. The fourth-order valence-corrected chi connectivity index (χ4v) is 1.07. The summed E-state index contributed by atoms with van der Waals surface area (Å²) in [5, 5.41) is 10.6. The largest absolute Gasteiger partial charge is 0.309 e. The van der Waals surface area contributed by atoms with Crippen LogP contribution in [0.2, 0.25) is 5.28 Å². The first-order valence-electron chi connectivity index (χ1n) is 3.69. The third-order valence-electron chi connectivity index (χ3n) is 1.51. The van der Waals surface area contributed by atoms with Gasteiger partial charge in [0, 0.05) is 5.92 Å². The Balaban J connectivity index is 3.26. The van der Waals surface area contributed by atoms with Crippen LogP contribution < -0.4 is 0 Å². The minimum atomic E-state index is -0.508. The zero-order valence-electron chi connectivity index (χ0n) is 7.19. The van der Waals surface area contributed by atoms with Crippen LogP contribution >= 0.6 is 11.6 Å². The molecule has 5 nitrogen and oxygen atoms in total. The normalized spacial score (nSPS) is 10.5. The molecule has 0 aromatic carbocycles. The second-order valence-electron chi connectivity index (χ2n) is 2.82. The van der Waals surface area contributed by atoms with E-state index in [-0.39, 0.29) is 16.9 Å². The molecule has 0 spiro atoms. The lowest BCUT2D eigenvalue weighted by Gasteiger charge is -2.03. The highest BCUT2D eigenvalue weighted by Crippen LogP contribution is 2.23. The first-order chi connectivity index (χ1) is 6.02. The van der Waals surface area contributed by atoms with Gasteiger partial charge in [-0.2, -0.15) is 0 Å². The molecule has 0 aliphatic heterocycles. The average Bonchev–Trinajstić information content (AvgIpc) is 2.03. The Hall–Kier alpha value is -1.23. The molecule has 1 rings (SSSR count). The Bertz CT molecular complexity index is 341. The van der Waals surface area contributed by atoms with Gasteiger partial charge in [-0.1, -0.05) is 13.8 Å². The molecule has 0 N–H and O–H groups in total. The van der Waals surface area contributed by atoms with Crippen LogP contribution in [-0.4, -0.2) is 14.9 Å². The molecule has 0 saturated carbocycles. The number of rotatable bonds is 2. The van der Waals surface area contributed by atoms with Gasteiger partial charge in [-0.3, -0.25) is 10.1 Å². The second-order valence-corrected chi connectivity index (χ2v) is 3.16. The summed E-state index contributed by atoms with van der Waals surface area (Å²) < 4.78 is 0. The summed E-state index contributed by atoms with van der Waals surface area (Å²) in [6.45, 7) is 3.62. The van der Waals surface area contributed by atoms with E-state index >= 15 is 0 Å². The molecular weight excluding hydrogens is 194 g/mol. The Morgan fingerprint density at radius 1 is 1.62 bits per heavy atom.